The molecule has 156 valence electrons. The Labute approximate surface area is 163 Å². The molecule has 0 radical (unpaired) electrons. The third-order valence-electron chi connectivity index (χ3n) is 5.17. The molecule has 2 aliphatic heterocycles. The summed E-state index contributed by atoms with van der Waals surface area (Å²) < 4.78 is 49.5. The Kier molecular flexibility index (Phi) is 7.31. The van der Waals surface area contributed by atoms with Crippen LogP contribution in [0.5, 0.6) is 0 Å². The zero-order valence-corrected chi connectivity index (χ0v) is 15.9. The molecule has 0 bridgehead atoms. The lowest BCUT2D eigenvalue weighted by atomic mass is 10.1. The van der Waals surface area contributed by atoms with Crippen molar-refractivity contribution in [2.75, 3.05) is 46.0 Å². The lowest BCUT2D eigenvalue weighted by Gasteiger charge is -2.35. The smallest absolute Gasteiger partial charge is 0.378 e. The van der Waals surface area contributed by atoms with Crippen LogP contribution in [-0.4, -0.2) is 67.8 Å². The summed E-state index contributed by atoms with van der Waals surface area (Å²) in [6.45, 7) is 4.65. The van der Waals surface area contributed by atoms with Crippen molar-refractivity contribution >= 4 is 5.91 Å². The molecule has 0 N–H and O–H groups in total. The van der Waals surface area contributed by atoms with Gasteiger partial charge in [-0.25, -0.2) is 0 Å². The number of rotatable bonds is 7. The maximum absolute atomic E-state index is 12.8. The molecule has 0 aromatic heterocycles. The first-order valence-electron chi connectivity index (χ1n) is 9.77. The predicted molar refractivity (Wildman–Crippen MR) is 97.7 cm³/mol. The average molecular weight is 400 g/mol. The van der Waals surface area contributed by atoms with Crippen LogP contribution in [0, 0.1) is 0 Å². The molecule has 1 aromatic carbocycles. The van der Waals surface area contributed by atoms with Crippen molar-refractivity contribution in [1.82, 2.24) is 9.80 Å². The summed E-state index contributed by atoms with van der Waals surface area (Å²) in [4.78, 5) is 16.2. The molecular weight excluding hydrogens is 373 g/mol. The molecule has 2 aliphatic rings. The van der Waals surface area contributed by atoms with Gasteiger partial charge in [-0.1, -0.05) is 18.2 Å². The lowest BCUT2D eigenvalue weighted by molar-refractivity contribution is -0.138. The molecule has 8 heteroatoms. The minimum atomic E-state index is -4.33. The molecule has 1 amide bonds. The van der Waals surface area contributed by atoms with E-state index in [1.807, 2.05) is 0 Å². The number of hydrogen-bond acceptors (Lipinski definition) is 4. The molecule has 2 heterocycles. The standard InChI is InChI=1S/C20H27F3N2O3/c21-20(22,23)17-4-1-3-16(13-17)14-24-7-9-25(10-8-24)19(26)6-12-27-15-18-5-2-11-28-18/h1,3-4,13,18H,2,5-12,14-15H2. The van der Waals surface area contributed by atoms with Gasteiger partial charge in [0.15, 0.2) is 0 Å². The number of alkyl halides is 3. The van der Waals surface area contributed by atoms with Crippen molar-refractivity contribution < 1.29 is 27.4 Å². The van der Waals surface area contributed by atoms with Crippen LogP contribution in [0.15, 0.2) is 24.3 Å². The number of nitrogens with zero attached hydrogens (tertiary/aromatic N) is 2. The Bertz CT molecular complexity index is 640. The second kappa shape index (κ2) is 9.71. The molecular formula is C20H27F3N2O3. The topological polar surface area (TPSA) is 42.0 Å². The molecule has 2 saturated heterocycles. The predicted octanol–water partition coefficient (Wildman–Crippen LogP) is 2.94. The molecule has 0 aliphatic carbocycles. The van der Waals surface area contributed by atoms with Crippen molar-refractivity contribution in [3.8, 4) is 0 Å². The van der Waals surface area contributed by atoms with Crippen molar-refractivity contribution in [2.24, 2.45) is 0 Å². The number of ether oxygens (including phenoxy) is 2. The highest BCUT2D eigenvalue weighted by molar-refractivity contribution is 5.76. The fraction of sp³-hybridized carbons (Fsp3) is 0.650. The molecule has 0 saturated carbocycles. The van der Waals surface area contributed by atoms with E-state index in [0.29, 0.717) is 57.9 Å². The minimum Gasteiger partial charge on any atom is -0.378 e. The van der Waals surface area contributed by atoms with Gasteiger partial charge in [0.25, 0.3) is 0 Å². The van der Waals surface area contributed by atoms with E-state index in [0.717, 1.165) is 25.5 Å². The van der Waals surface area contributed by atoms with E-state index in [2.05, 4.69) is 4.90 Å². The van der Waals surface area contributed by atoms with Crippen molar-refractivity contribution in [2.45, 2.75) is 38.1 Å². The quantitative estimate of drug-likeness (QED) is 0.660. The Hall–Kier alpha value is -1.64. The van der Waals surface area contributed by atoms with Gasteiger partial charge in [0, 0.05) is 39.3 Å². The van der Waals surface area contributed by atoms with Crippen molar-refractivity contribution in [3.63, 3.8) is 0 Å². The van der Waals surface area contributed by atoms with Crippen LogP contribution in [0.25, 0.3) is 0 Å². The number of carbonyl (C=O) groups is 1. The van der Waals surface area contributed by atoms with Crippen LogP contribution >= 0.6 is 0 Å². The average Bonchev–Trinajstić information content (AvgIpc) is 3.19. The highest BCUT2D eigenvalue weighted by atomic mass is 19.4. The van der Waals surface area contributed by atoms with E-state index >= 15 is 0 Å². The summed E-state index contributed by atoms with van der Waals surface area (Å²) in [7, 11) is 0. The monoisotopic (exact) mass is 400 g/mol. The summed E-state index contributed by atoms with van der Waals surface area (Å²) in [5, 5.41) is 0. The maximum atomic E-state index is 12.8. The van der Waals surface area contributed by atoms with Gasteiger partial charge in [0.05, 0.1) is 31.3 Å². The van der Waals surface area contributed by atoms with E-state index in [-0.39, 0.29) is 12.0 Å². The number of halogens is 3. The molecule has 1 aromatic rings. The van der Waals surface area contributed by atoms with Crippen LogP contribution in [0.3, 0.4) is 0 Å². The van der Waals surface area contributed by atoms with Gasteiger partial charge in [-0.2, -0.15) is 13.2 Å². The van der Waals surface area contributed by atoms with Crippen LogP contribution < -0.4 is 0 Å². The minimum absolute atomic E-state index is 0.0612. The highest BCUT2D eigenvalue weighted by Crippen LogP contribution is 2.29. The molecule has 1 unspecified atom stereocenters. The summed E-state index contributed by atoms with van der Waals surface area (Å²) in [5.41, 5.74) is 0.0129. The zero-order valence-electron chi connectivity index (χ0n) is 15.9. The van der Waals surface area contributed by atoms with Crippen LogP contribution in [0.1, 0.15) is 30.4 Å². The molecule has 1 atom stereocenters. The van der Waals surface area contributed by atoms with E-state index in [1.165, 1.54) is 12.1 Å². The number of piperazine rings is 1. The second-order valence-corrected chi connectivity index (χ2v) is 7.32. The van der Waals surface area contributed by atoms with Gasteiger partial charge in [0.1, 0.15) is 0 Å². The third-order valence-corrected chi connectivity index (χ3v) is 5.17. The number of benzene rings is 1. The summed E-state index contributed by atoms with van der Waals surface area (Å²) >= 11 is 0. The zero-order chi connectivity index (χ0) is 20.0. The second-order valence-electron chi connectivity index (χ2n) is 7.32. The van der Waals surface area contributed by atoms with Gasteiger partial charge in [-0.15, -0.1) is 0 Å². The summed E-state index contributed by atoms with van der Waals surface area (Å²) in [6.07, 6.45) is -1.73. The number of carbonyl (C=O) groups excluding carboxylic acids is 1. The van der Waals surface area contributed by atoms with Crippen LogP contribution in [0.2, 0.25) is 0 Å². The van der Waals surface area contributed by atoms with E-state index in [9.17, 15) is 18.0 Å². The Morgan fingerprint density at radius 3 is 2.68 bits per heavy atom. The summed E-state index contributed by atoms with van der Waals surface area (Å²) in [5.74, 6) is 0.0612. The van der Waals surface area contributed by atoms with Crippen molar-refractivity contribution in [3.05, 3.63) is 35.4 Å². The lowest BCUT2D eigenvalue weighted by Crippen LogP contribution is -2.48. The fourth-order valence-corrected chi connectivity index (χ4v) is 3.57. The van der Waals surface area contributed by atoms with E-state index in [4.69, 9.17) is 9.47 Å². The molecule has 5 nitrogen and oxygen atoms in total. The van der Waals surface area contributed by atoms with Gasteiger partial charge in [-0.05, 0) is 24.5 Å². The van der Waals surface area contributed by atoms with Crippen molar-refractivity contribution in [1.29, 1.82) is 0 Å². The first kappa shape index (κ1) is 21.1. The Balaban J connectivity index is 1.36. The number of amides is 1. The Morgan fingerprint density at radius 2 is 2.00 bits per heavy atom. The first-order valence-corrected chi connectivity index (χ1v) is 9.77. The van der Waals surface area contributed by atoms with Gasteiger partial charge in [-0.3, -0.25) is 9.69 Å². The SMILES string of the molecule is O=C(CCOCC1CCCO1)N1CCN(Cc2cccc(C(F)(F)F)c2)CC1. The van der Waals surface area contributed by atoms with Crippen LogP contribution in [-0.2, 0) is 27.0 Å². The Morgan fingerprint density at radius 1 is 1.21 bits per heavy atom. The van der Waals surface area contributed by atoms with E-state index in [1.54, 1.807) is 11.0 Å². The van der Waals surface area contributed by atoms with Gasteiger partial charge >= 0.3 is 6.18 Å². The normalized spacial score (nSPS) is 21.2. The largest absolute Gasteiger partial charge is 0.416 e. The van der Waals surface area contributed by atoms with Gasteiger partial charge in [0.2, 0.25) is 5.91 Å². The van der Waals surface area contributed by atoms with E-state index < -0.39 is 11.7 Å². The summed E-state index contributed by atoms with van der Waals surface area (Å²) in [6, 6.07) is 5.43. The fourth-order valence-electron chi connectivity index (χ4n) is 3.57. The molecule has 3 rings (SSSR count). The number of hydrogen-bond donors (Lipinski definition) is 0. The highest BCUT2D eigenvalue weighted by Gasteiger charge is 2.30. The molecule has 28 heavy (non-hydrogen) atoms. The maximum Gasteiger partial charge on any atom is 0.416 e. The third kappa shape index (κ3) is 6.18. The molecule has 0 spiro atoms. The van der Waals surface area contributed by atoms with Crippen LogP contribution in [0.4, 0.5) is 13.2 Å². The van der Waals surface area contributed by atoms with Gasteiger partial charge < -0.3 is 14.4 Å². The first-order chi connectivity index (χ1) is 13.4. The molecule has 2 fully saturated rings.